The molecule has 108 valence electrons. The second kappa shape index (κ2) is 5.73. The van der Waals surface area contributed by atoms with E-state index in [1.165, 1.54) is 0 Å². The summed E-state index contributed by atoms with van der Waals surface area (Å²) in [5, 5.41) is 6.14. The van der Waals surface area contributed by atoms with Crippen molar-refractivity contribution in [3.63, 3.8) is 0 Å². The monoisotopic (exact) mass is 347 g/mol. The van der Waals surface area contributed by atoms with E-state index >= 15 is 0 Å². The van der Waals surface area contributed by atoms with E-state index in [9.17, 15) is 4.79 Å². The number of pyridine rings is 1. The van der Waals surface area contributed by atoms with Gasteiger partial charge in [-0.15, -0.1) is 0 Å². The highest BCUT2D eigenvalue weighted by molar-refractivity contribution is 9.10. The Labute approximate surface area is 130 Å². The van der Waals surface area contributed by atoms with E-state index in [4.69, 9.17) is 4.74 Å². The van der Waals surface area contributed by atoms with Crippen LogP contribution in [0.3, 0.4) is 0 Å². The molecule has 2 aromatic rings. The number of hydrogen-bond acceptors (Lipinski definition) is 4. The molecular formula is C15H14BrN3O2. The fourth-order valence-electron chi connectivity index (χ4n) is 2.15. The number of carbonyl (C=O) groups is 1. The minimum atomic E-state index is -0.124. The fraction of sp³-hybridized carbons (Fsp3) is 0.200. The van der Waals surface area contributed by atoms with Crippen molar-refractivity contribution in [2.24, 2.45) is 0 Å². The lowest BCUT2D eigenvalue weighted by Gasteiger charge is -2.18. The number of carbonyl (C=O) groups excluding carboxylic acids is 1. The smallest absolute Gasteiger partial charge is 0.262 e. The summed E-state index contributed by atoms with van der Waals surface area (Å²) in [6, 6.07) is 9.65. The lowest BCUT2D eigenvalue weighted by atomic mass is 10.1. The molecule has 21 heavy (non-hydrogen) atoms. The maximum Gasteiger partial charge on any atom is 0.262 e. The summed E-state index contributed by atoms with van der Waals surface area (Å²) in [5.41, 5.74) is 3.69. The molecule has 1 aromatic carbocycles. The third-order valence-electron chi connectivity index (χ3n) is 3.21. The Morgan fingerprint density at radius 3 is 3.05 bits per heavy atom. The van der Waals surface area contributed by atoms with Gasteiger partial charge in [-0.05, 0) is 52.7 Å². The average molecular weight is 348 g/mol. The summed E-state index contributed by atoms with van der Waals surface area (Å²) in [6.45, 7) is 2.68. The predicted molar refractivity (Wildman–Crippen MR) is 84.6 cm³/mol. The third-order valence-corrected chi connectivity index (χ3v) is 3.65. The van der Waals surface area contributed by atoms with Gasteiger partial charge in [0.25, 0.3) is 5.91 Å². The van der Waals surface area contributed by atoms with Gasteiger partial charge in [0.05, 0.1) is 17.1 Å². The van der Waals surface area contributed by atoms with Crippen LogP contribution in [0.5, 0.6) is 5.75 Å². The molecule has 0 saturated carbocycles. The zero-order valence-corrected chi connectivity index (χ0v) is 13.0. The highest BCUT2D eigenvalue weighted by Crippen LogP contribution is 2.28. The topological polar surface area (TPSA) is 63.2 Å². The van der Waals surface area contributed by atoms with Gasteiger partial charge < -0.3 is 15.4 Å². The largest absolute Gasteiger partial charge is 0.482 e. The normalized spacial score (nSPS) is 13.1. The molecule has 0 bridgehead atoms. The molecule has 2 N–H and O–H groups in total. The van der Waals surface area contributed by atoms with E-state index in [0.717, 1.165) is 27.2 Å². The Morgan fingerprint density at radius 1 is 1.38 bits per heavy atom. The first-order chi connectivity index (χ1) is 10.1. The molecule has 5 nitrogen and oxygen atoms in total. The zero-order valence-electron chi connectivity index (χ0n) is 11.4. The second-order valence-corrected chi connectivity index (χ2v) is 5.60. The molecule has 0 radical (unpaired) electrons. The first-order valence-electron chi connectivity index (χ1n) is 6.54. The Hall–Kier alpha value is -2.08. The molecule has 0 spiro atoms. The minimum Gasteiger partial charge on any atom is -0.482 e. The van der Waals surface area contributed by atoms with Gasteiger partial charge in [-0.2, -0.15) is 0 Å². The lowest BCUT2D eigenvalue weighted by molar-refractivity contribution is -0.118. The van der Waals surface area contributed by atoms with Crippen LogP contribution in [0.15, 0.2) is 34.9 Å². The van der Waals surface area contributed by atoms with E-state index in [2.05, 4.69) is 31.5 Å². The quantitative estimate of drug-likeness (QED) is 0.837. The van der Waals surface area contributed by atoms with Gasteiger partial charge in [-0.1, -0.05) is 6.07 Å². The van der Waals surface area contributed by atoms with Crippen LogP contribution in [0.2, 0.25) is 0 Å². The number of fused-ring (bicyclic) bond motifs is 1. The summed E-state index contributed by atoms with van der Waals surface area (Å²) in [6.07, 6.45) is 0. The van der Waals surface area contributed by atoms with Crippen molar-refractivity contribution in [1.82, 2.24) is 4.98 Å². The first-order valence-corrected chi connectivity index (χ1v) is 7.34. The van der Waals surface area contributed by atoms with Crippen LogP contribution in [0.1, 0.15) is 11.3 Å². The van der Waals surface area contributed by atoms with Gasteiger partial charge in [-0.25, -0.2) is 4.98 Å². The molecule has 1 aliphatic rings. The SMILES string of the molecule is Cc1nc(Br)ccc1NCc1ccc2c(c1)NC(=O)CO2. The number of halogens is 1. The molecule has 0 unspecified atom stereocenters. The van der Waals surface area contributed by atoms with Gasteiger partial charge in [0, 0.05) is 6.54 Å². The van der Waals surface area contributed by atoms with Crippen molar-refractivity contribution in [3.8, 4) is 5.75 Å². The van der Waals surface area contributed by atoms with Gasteiger partial charge in [0.1, 0.15) is 10.4 Å². The standard InChI is InChI=1S/C15H14BrN3O2/c1-9-11(3-5-14(16)18-9)17-7-10-2-4-13-12(6-10)19-15(20)8-21-13/h2-6,17H,7-8H2,1H3,(H,19,20). The van der Waals surface area contributed by atoms with E-state index in [0.29, 0.717) is 12.3 Å². The highest BCUT2D eigenvalue weighted by Gasteiger charge is 2.15. The van der Waals surface area contributed by atoms with Crippen LogP contribution < -0.4 is 15.4 Å². The van der Waals surface area contributed by atoms with Crippen molar-refractivity contribution < 1.29 is 9.53 Å². The van der Waals surface area contributed by atoms with Gasteiger partial charge in [-0.3, -0.25) is 4.79 Å². The maximum absolute atomic E-state index is 11.3. The third kappa shape index (κ3) is 3.16. The van der Waals surface area contributed by atoms with E-state index < -0.39 is 0 Å². The Morgan fingerprint density at radius 2 is 2.24 bits per heavy atom. The highest BCUT2D eigenvalue weighted by atomic mass is 79.9. The van der Waals surface area contributed by atoms with Crippen molar-refractivity contribution in [3.05, 3.63) is 46.2 Å². The minimum absolute atomic E-state index is 0.0777. The second-order valence-electron chi connectivity index (χ2n) is 4.79. The first kappa shape index (κ1) is 13.9. The molecule has 0 aliphatic carbocycles. The van der Waals surface area contributed by atoms with Crippen molar-refractivity contribution in [2.75, 3.05) is 17.2 Å². The summed E-state index contributed by atoms with van der Waals surface area (Å²) >= 11 is 3.35. The number of hydrogen-bond donors (Lipinski definition) is 2. The van der Waals surface area contributed by atoms with Gasteiger partial charge in [0.15, 0.2) is 6.61 Å². The van der Waals surface area contributed by atoms with Crippen molar-refractivity contribution >= 4 is 33.2 Å². The molecule has 3 rings (SSSR count). The van der Waals surface area contributed by atoms with E-state index in [1.54, 1.807) is 0 Å². The molecule has 0 fully saturated rings. The number of benzene rings is 1. The summed E-state index contributed by atoms with van der Waals surface area (Å²) in [7, 11) is 0. The Kier molecular flexibility index (Phi) is 3.79. The number of ether oxygens (including phenoxy) is 1. The number of rotatable bonds is 3. The van der Waals surface area contributed by atoms with Crippen molar-refractivity contribution in [2.45, 2.75) is 13.5 Å². The number of nitrogens with zero attached hydrogens (tertiary/aromatic N) is 1. The summed E-state index contributed by atoms with van der Waals surface area (Å²) < 4.78 is 6.16. The van der Waals surface area contributed by atoms with Gasteiger partial charge >= 0.3 is 0 Å². The Balaban J connectivity index is 1.73. The van der Waals surface area contributed by atoms with Crippen LogP contribution in [0.25, 0.3) is 0 Å². The number of anilines is 2. The van der Waals surface area contributed by atoms with Crippen LogP contribution in [0.4, 0.5) is 11.4 Å². The van der Waals surface area contributed by atoms with E-state index in [1.807, 2.05) is 37.3 Å². The number of aryl methyl sites for hydroxylation is 1. The summed E-state index contributed by atoms with van der Waals surface area (Å²) in [5.74, 6) is 0.584. The van der Waals surface area contributed by atoms with Crippen LogP contribution >= 0.6 is 15.9 Å². The van der Waals surface area contributed by atoms with Gasteiger partial charge in [0.2, 0.25) is 0 Å². The van der Waals surface area contributed by atoms with E-state index in [-0.39, 0.29) is 12.5 Å². The zero-order chi connectivity index (χ0) is 14.8. The molecule has 1 aliphatic heterocycles. The Bertz CT molecular complexity index is 703. The molecule has 0 saturated heterocycles. The molecule has 1 amide bonds. The van der Waals surface area contributed by atoms with Crippen molar-refractivity contribution in [1.29, 1.82) is 0 Å². The molecule has 0 atom stereocenters. The fourth-order valence-corrected chi connectivity index (χ4v) is 2.55. The number of aromatic nitrogens is 1. The maximum atomic E-state index is 11.3. The van der Waals surface area contributed by atoms with Crippen LogP contribution in [-0.2, 0) is 11.3 Å². The van der Waals surface area contributed by atoms with Crippen LogP contribution in [0, 0.1) is 6.92 Å². The predicted octanol–water partition coefficient (Wildman–Crippen LogP) is 3.10. The summed E-state index contributed by atoms with van der Waals surface area (Å²) in [4.78, 5) is 15.7. The lowest BCUT2D eigenvalue weighted by Crippen LogP contribution is -2.25. The molecular weight excluding hydrogens is 334 g/mol. The molecule has 6 heteroatoms. The number of amides is 1. The molecule has 1 aromatic heterocycles. The number of nitrogens with one attached hydrogen (secondary N) is 2. The molecule has 2 heterocycles. The average Bonchev–Trinajstić information content (AvgIpc) is 2.46. The van der Waals surface area contributed by atoms with Crippen LogP contribution in [-0.4, -0.2) is 17.5 Å².